The molecule has 4 nitrogen and oxygen atoms in total. The van der Waals surface area contributed by atoms with E-state index in [1.807, 2.05) is 30.5 Å². The van der Waals surface area contributed by atoms with Crippen LogP contribution in [0, 0.1) is 0 Å². The highest BCUT2D eigenvalue weighted by Crippen LogP contribution is 2.24. The highest BCUT2D eigenvalue weighted by atomic mass is 19.4. The van der Waals surface area contributed by atoms with Crippen LogP contribution in [0.5, 0.6) is 5.75 Å². The summed E-state index contributed by atoms with van der Waals surface area (Å²) in [4.78, 5) is 15.1. The zero-order valence-corrected chi connectivity index (χ0v) is 12.4. The molecule has 0 saturated heterocycles. The molecule has 0 atom stereocenters. The van der Waals surface area contributed by atoms with E-state index in [-0.39, 0.29) is 18.1 Å². The molecule has 1 heterocycles. The van der Waals surface area contributed by atoms with Gasteiger partial charge in [0, 0.05) is 17.4 Å². The number of aromatic amines is 1. The van der Waals surface area contributed by atoms with Gasteiger partial charge in [-0.25, -0.2) is 0 Å². The number of anilines is 1. The monoisotopic (exact) mass is 334 g/mol. The van der Waals surface area contributed by atoms with E-state index in [2.05, 4.69) is 15.0 Å². The minimum Gasteiger partial charge on any atom is -0.406 e. The molecule has 2 N–H and O–H groups in total. The molecule has 0 aliphatic heterocycles. The number of hydrogen-bond acceptors (Lipinski definition) is 2. The van der Waals surface area contributed by atoms with Gasteiger partial charge in [0.25, 0.3) is 0 Å². The van der Waals surface area contributed by atoms with Crippen molar-refractivity contribution in [2.75, 3.05) is 5.32 Å². The molecule has 124 valence electrons. The fourth-order valence-corrected chi connectivity index (χ4v) is 2.34. The molecule has 0 unspecified atom stereocenters. The number of rotatable bonds is 4. The van der Waals surface area contributed by atoms with Gasteiger partial charge in [0.15, 0.2) is 0 Å². The van der Waals surface area contributed by atoms with Gasteiger partial charge in [0.1, 0.15) is 5.75 Å². The van der Waals surface area contributed by atoms with Gasteiger partial charge in [-0.3, -0.25) is 4.79 Å². The summed E-state index contributed by atoms with van der Waals surface area (Å²) in [6.45, 7) is 0. The summed E-state index contributed by atoms with van der Waals surface area (Å²) in [5.41, 5.74) is 2.23. The Hall–Kier alpha value is -2.96. The number of carbonyl (C=O) groups excluding carboxylic acids is 1. The lowest BCUT2D eigenvalue weighted by Gasteiger charge is -2.10. The van der Waals surface area contributed by atoms with Gasteiger partial charge in [-0.05, 0) is 53.4 Å². The molecule has 3 aromatic rings. The fourth-order valence-electron chi connectivity index (χ4n) is 2.34. The second kappa shape index (κ2) is 6.27. The number of nitrogens with one attached hydrogen (secondary N) is 2. The Bertz CT molecular complexity index is 854. The zero-order chi connectivity index (χ0) is 17.2. The van der Waals surface area contributed by atoms with E-state index in [0.717, 1.165) is 28.6 Å². The SMILES string of the molecule is O=C(Cc1ccc2[nH]ccc2c1)Nc1ccc(OC(F)(F)F)cc1. The van der Waals surface area contributed by atoms with E-state index < -0.39 is 6.36 Å². The number of amides is 1. The molecule has 24 heavy (non-hydrogen) atoms. The number of fused-ring (bicyclic) bond motifs is 1. The van der Waals surface area contributed by atoms with Crippen molar-refractivity contribution in [3.63, 3.8) is 0 Å². The van der Waals surface area contributed by atoms with Gasteiger partial charge in [0.05, 0.1) is 6.42 Å². The van der Waals surface area contributed by atoms with Crippen molar-refractivity contribution in [1.29, 1.82) is 0 Å². The van der Waals surface area contributed by atoms with E-state index in [1.165, 1.54) is 12.1 Å². The summed E-state index contributed by atoms with van der Waals surface area (Å²) in [5.74, 6) is -0.590. The van der Waals surface area contributed by atoms with Crippen LogP contribution in [0.1, 0.15) is 5.56 Å². The Balaban J connectivity index is 1.61. The number of benzene rings is 2. The first-order valence-corrected chi connectivity index (χ1v) is 7.11. The summed E-state index contributed by atoms with van der Waals surface area (Å²) in [7, 11) is 0. The smallest absolute Gasteiger partial charge is 0.406 e. The molecule has 0 aliphatic rings. The normalized spacial score (nSPS) is 11.5. The van der Waals surface area contributed by atoms with Crippen molar-refractivity contribution in [3.8, 4) is 5.75 Å². The summed E-state index contributed by atoms with van der Waals surface area (Å²) >= 11 is 0. The van der Waals surface area contributed by atoms with Gasteiger partial charge in [-0.2, -0.15) is 0 Å². The fraction of sp³-hybridized carbons (Fsp3) is 0.118. The maximum Gasteiger partial charge on any atom is 0.573 e. The van der Waals surface area contributed by atoms with Crippen LogP contribution in [-0.2, 0) is 11.2 Å². The third-order valence-corrected chi connectivity index (χ3v) is 3.35. The number of halogens is 3. The van der Waals surface area contributed by atoms with Crippen LogP contribution in [0.3, 0.4) is 0 Å². The first kappa shape index (κ1) is 15.9. The molecule has 0 fully saturated rings. The molecule has 0 spiro atoms. The largest absolute Gasteiger partial charge is 0.573 e. The maximum absolute atomic E-state index is 12.1. The van der Waals surface area contributed by atoms with Crippen LogP contribution in [0.4, 0.5) is 18.9 Å². The predicted molar refractivity (Wildman–Crippen MR) is 83.8 cm³/mol. The average molecular weight is 334 g/mol. The first-order chi connectivity index (χ1) is 11.4. The van der Waals surface area contributed by atoms with E-state index in [1.54, 1.807) is 0 Å². The van der Waals surface area contributed by atoms with Crippen LogP contribution < -0.4 is 10.1 Å². The Morgan fingerprint density at radius 3 is 2.54 bits per heavy atom. The molecule has 7 heteroatoms. The molecule has 3 rings (SSSR count). The second-order valence-corrected chi connectivity index (χ2v) is 5.20. The number of H-pyrrole nitrogens is 1. The van der Waals surface area contributed by atoms with Crippen LogP contribution in [-0.4, -0.2) is 17.3 Å². The molecule has 1 aromatic heterocycles. The lowest BCUT2D eigenvalue weighted by atomic mass is 10.1. The van der Waals surface area contributed by atoms with Crippen LogP contribution >= 0.6 is 0 Å². The van der Waals surface area contributed by atoms with Crippen molar-refractivity contribution in [3.05, 3.63) is 60.3 Å². The minimum absolute atomic E-state index is 0.169. The lowest BCUT2D eigenvalue weighted by Crippen LogP contribution is -2.17. The summed E-state index contributed by atoms with van der Waals surface area (Å²) < 4.78 is 40.0. The van der Waals surface area contributed by atoms with E-state index in [0.29, 0.717) is 5.69 Å². The maximum atomic E-state index is 12.1. The third kappa shape index (κ3) is 4.07. The van der Waals surface area contributed by atoms with Gasteiger partial charge in [-0.1, -0.05) is 6.07 Å². The van der Waals surface area contributed by atoms with E-state index in [4.69, 9.17) is 0 Å². The number of ether oxygens (including phenoxy) is 1. The highest BCUT2D eigenvalue weighted by molar-refractivity contribution is 5.93. The Morgan fingerprint density at radius 2 is 1.83 bits per heavy atom. The molecule has 0 saturated carbocycles. The van der Waals surface area contributed by atoms with Crippen molar-refractivity contribution in [1.82, 2.24) is 4.98 Å². The molecule has 0 radical (unpaired) electrons. The molecule has 2 aromatic carbocycles. The van der Waals surface area contributed by atoms with Crippen molar-refractivity contribution in [2.45, 2.75) is 12.8 Å². The van der Waals surface area contributed by atoms with Crippen LogP contribution in [0.15, 0.2) is 54.7 Å². The molecule has 0 bridgehead atoms. The number of hydrogen-bond donors (Lipinski definition) is 2. The average Bonchev–Trinajstić information content (AvgIpc) is 2.95. The van der Waals surface area contributed by atoms with Crippen molar-refractivity contribution < 1.29 is 22.7 Å². The number of aromatic nitrogens is 1. The summed E-state index contributed by atoms with van der Waals surface area (Å²) in [6, 6.07) is 12.6. The summed E-state index contributed by atoms with van der Waals surface area (Å²) in [6.07, 6.45) is -2.75. The van der Waals surface area contributed by atoms with Crippen molar-refractivity contribution in [2.24, 2.45) is 0 Å². The molecular formula is C17H13F3N2O2. The Morgan fingerprint density at radius 1 is 1.08 bits per heavy atom. The number of alkyl halides is 3. The first-order valence-electron chi connectivity index (χ1n) is 7.11. The lowest BCUT2D eigenvalue weighted by molar-refractivity contribution is -0.274. The summed E-state index contributed by atoms with van der Waals surface area (Å²) in [5, 5.41) is 3.65. The minimum atomic E-state index is -4.73. The van der Waals surface area contributed by atoms with Crippen LogP contribution in [0.2, 0.25) is 0 Å². The van der Waals surface area contributed by atoms with Gasteiger partial charge in [-0.15, -0.1) is 13.2 Å². The number of carbonyl (C=O) groups is 1. The van der Waals surface area contributed by atoms with Gasteiger partial charge >= 0.3 is 6.36 Å². The Kier molecular flexibility index (Phi) is 4.16. The second-order valence-electron chi connectivity index (χ2n) is 5.20. The van der Waals surface area contributed by atoms with Crippen LogP contribution in [0.25, 0.3) is 10.9 Å². The molecule has 0 aliphatic carbocycles. The Labute approximate surface area is 135 Å². The quantitative estimate of drug-likeness (QED) is 0.749. The highest BCUT2D eigenvalue weighted by Gasteiger charge is 2.30. The molecule has 1 amide bonds. The predicted octanol–water partition coefficient (Wildman–Crippen LogP) is 4.25. The molecular weight excluding hydrogens is 321 g/mol. The zero-order valence-electron chi connectivity index (χ0n) is 12.4. The van der Waals surface area contributed by atoms with Crippen molar-refractivity contribution >= 4 is 22.5 Å². The van der Waals surface area contributed by atoms with Gasteiger partial charge < -0.3 is 15.0 Å². The van der Waals surface area contributed by atoms with E-state index in [9.17, 15) is 18.0 Å². The third-order valence-electron chi connectivity index (χ3n) is 3.35. The van der Waals surface area contributed by atoms with Gasteiger partial charge in [0.2, 0.25) is 5.91 Å². The topological polar surface area (TPSA) is 54.1 Å². The standard InChI is InChI=1S/C17H13F3N2O2/c18-17(19,20)24-14-4-2-13(3-5-14)22-16(23)10-11-1-6-15-12(9-11)7-8-21-15/h1-9,21H,10H2,(H,22,23). The van der Waals surface area contributed by atoms with E-state index >= 15 is 0 Å².